The fourth-order valence-electron chi connectivity index (χ4n) is 3.25. The SMILES string of the molecule is CC(C)(C)n1cnc(NC(=O)NCC2CCOC3(CCC3)C2)n1. The second-order valence-corrected chi connectivity index (χ2v) is 7.76. The number of nitrogens with one attached hydrogen (secondary N) is 2. The number of rotatable bonds is 3. The van der Waals surface area contributed by atoms with Gasteiger partial charge in [-0.05, 0) is 58.8 Å². The minimum Gasteiger partial charge on any atom is -0.375 e. The predicted octanol–water partition coefficient (Wildman–Crippen LogP) is 2.50. The Balaban J connectivity index is 1.45. The highest BCUT2D eigenvalue weighted by Crippen LogP contribution is 2.43. The molecule has 1 aliphatic heterocycles. The van der Waals surface area contributed by atoms with Crippen LogP contribution in [0.2, 0.25) is 0 Å². The summed E-state index contributed by atoms with van der Waals surface area (Å²) in [5, 5.41) is 9.91. The maximum absolute atomic E-state index is 12.0. The van der Waals surface area contributed by atoms with Gasteiger partial charge >= 0.3 is 6.03 Å². The van der Waals surface area contributed by atoms with E-state index in [-0.39, 0.29) is 17.2 Å². The molecule has 1 atom stereocenters. The molecule has 2 amide bonds. The molecule has 7 heteroatoms. The molecule has 23 heavy (non-hydrogen) atoms. The van der Waals surface area contributed by atoms with Gasteiger partial charge in [0.05, 0.1) is 11.1 Å². The third kappa shape index (κ3) is 3.83. The van der Waals surface area contributed by atoms with Crippen molar-refractivity contribution in [2.75, 3.05) is 18.5 Å². The Morgan fingerprint density at radius 3 is 2.87 bits per heavy atom. The number of carbonyl (C=O) groups excluding carboxylic acids is 1. The average Bonchev–Trinajstić information content (AvgIpc) is 2.92. The van der Waals surface area contributed by atoms with Crippen molar-refractivity contribution in [1.82, 2.24) is 20.1 Å². The van der Waals surface area contributed by atoms with E-state index in [1.165, 1.54) is 19.3 Å². The lowest BCUT2D eigenvalue weighted by Crippen LogP contribution is -2.48. The van der Waals surface area contributed by atoms with Crippen LogP contribution in [0.3, 0.4) is 0 Å². The molecule has 1 saturated carbocycles. The standard InChI is InChI=1S/C16H27N5O2/c1-15(2,3)21-11-18-13(20-21)19-14(22)17-10-12-5-8-23-16(9-12)6-4-7-16/h11-12H,4-10H2,1-3H3,(H2,17,19,20,22). The van der Waals surface area contributed by atoms with Crippen LogP contribution in [0.4, 0.5) is 10.7 Å². The minimum absolute atomic E-state index is 0.119. The van der Waals surface area contributed by atoms with Gasteiger partial charge in [-0.3, -0.25) is 5.32 Å². The Labute approximate surface area is 137 Å². The smallest absolute Gasteiger partial charge is 0.321 e. The Kier molecular flexibility index (Phi) is 4.31. The summed E-state index contributed by atoms with van der Waals surface area (Å²) in [5.74, 6) is 0.828. The summed E-state index contributed by atoms with van der Waals surface area (Å²) >= 11 is 0. The Morgan fingerprint density at radius 2 is 2.26 bits per heavy atom. The minimum atomic E-state index is -0.245. The quantitative estimate of drug-likeness (QED) is 0.896. The van der Waals surface area contributed by atoms with Crippen LogP contribution in [0.15, 0.2) is 6.33 Å². The maximum atomic E-state index is 12.0. The molecule has 1 spiro atoms. The Bertz CT molecular complexity index is 559. The molecular formula is C16H27N5O2. The number of anilines is 1. The van der Waals surface area contributed by atoms with E-state index < -0.39 is 0 Å². The lowest BCUT2D eigenvalue weighted by Gasteiger charge is -2.47. The molecule has 2 aliphatic rings. The van der Waals surface area contributed by atoms with Crippen molar-refractivity contribution in [2.24, 2.45) is 5.92 Å². The van der Waals surface area contributed by atoms with Gasteiger partial charge in [0.1, 0.15) is 6.33 Å². The first kappa shape index (κ1) is 16.2. The molecule has 2 fully saturated rings. The van der Waals surface area contributed by atoms with Gasteiger partial charge in [-0.25, -0.2) is 14.5 Å². The number of carbonyl (C=O) groups is 1. The second kappa shape index (κ2) is 6.11. The molecule has 1 aromatic rings. The van der Waals surface area contributed by atoms with E-state index in [1.807, 2.05) is 20.8 Å². The zero-order valence-electron chi connectivity index (χ0n) is 14.3. The molecule has 3 rings (SSSR count). The largest absolute Gasteiger partial charge is 0.375 e. The first-order chi connectivity index (χ1) is 10.9. The van der Waals surface area contributed by atoms with Crippen molar-refractivity contribution in [3.8, 4) is 0 Å². The lowest BCUT2D eigenvalue weighted by atomic mass is 9.72. The van der Waals surface area contributed by atoms with E-state index in [4.69, 9.17) is 4.74 Å². The highest BCUT2D eigenvalue weighted by atomic mass is 16.5. The van der Waals surface area contributed by atoms with Gasteiger partial charge < -0.3 is 10.1 Å². The van der Waals surface area contributed by atoms with Crippen LogP contribution >= 0.6 is 0 Å². The molecule has 1 unspecified atom stereocenters. The molecule has 7 nitrogen and oxygen atoms in total. The average molecular weight is 321 g/mol. The van der Waals surface area contributed by atoms with E-state index in [1.54, 1.807) is 11.0 Å². The molecule has 2 heterocycles. The van der Waals surface area contributed by atoms with E-state index in [0.717, 1.165) is 19.4 Å². The Morgan fingerprint density at radius 1 is 1.48 bits per heavy atom. The van der Waals surface area contributed by atoms with Crippen LogP contribution in [0.1, 0.15) is 52.9 Å². The number of hydrogen-bond donors (Lipinski definition) is 2. The van der Waals surface area contributed by atoms with Crippen LogP contribution < -0.4 is 10.6 Å². The van der Waals surface area contributed by atoms with Crippen LogP contribution in [0.25, 0.3) is 0 Å². The number of hydrogen-bond acceptors (Lipinski definition) is 4. The van der Waals surface area contributed by atoms with Gasteiger partial charge in [0.25, 0.3) is 0 Å². The summed E-state index contributed by atoms with van der Waals surface area (Å²) < 4.78 is 7.66. The van der Waals surface area contributed by atoms with Gasteiger partial charge in [-0.2, -0.15) is 0 Å². The lowest BCUT2D eigenvalue weighted by molar-refractivity contribution is -0.142. The molecule has 0 aromatic carbocycles. The van der Waals surface area contributed by atoms with Gasteiger partial charge in [0.2, 0.25) is 5.95 Å². The van der Waals surface area contributed by atoms with Crippen molar-refractivity contribution in [1.29, 1.82) is 0 Å². The summed E-state index contributed by atoms with van der Waals surface area (Å²) in [6.07, 6.45) is 7.31. The van der Waals surface area contributed by atoms with Crippen molar-refractivity contribution < 1.29 is 9.53 Å². The first-order valence-corrected chi connectivity index (χ1v) is 8.47. The van der Waals surface area contributed by atoms with Gasteiger partial charge in [0.15, 0.2) is 0 Å². The zero-order chi connectivity index (χ0) is 16.5. The highest BCUT2D eigenvalue weighted by molar-refractivity contribution is 5.87. The number of ether oxygens (including phenoxy) is 1. The van der Waals surface area contributed by atoms with E-state index in [9.17, 15) is 4.79 Å². The monoisotopic (exact) mass is 321 g/mol. The van der Waals surface area contributed by atoms with Crippen molar-refractivity contribution in [3.05, 3.63) is 6.33 Å². The molecule has 1 aromatic heterocycles. The van der Waals surface area contributed by atoms with E-state index in [2.05, 4.69) is 20.7 Å². The summed E-state index contributed by atoms with van der Waals surface area (Å²) in [5.41, 5.74) is -0.0310. The van der Waals surface area contributed by atoms with Gasteiger partial charge in [-0.15, -0.1) is 5.10 Å². The van der Waals surface area contributed by atoms with Crippen molar-refractivity contribution in [2.45, 2.75) is 64.0 Å². The molecule has 1 saturated heterocycles. The van der Waals surface area contributed by atoms with Crippen LogP contribution in [0, 0.1) is 5.92 Å². The third-order valence-corrected chi connectivity index (χ3v) is 4.82. The fourth-order valence-corrected chi connectivity index (χ4v) is 3.25. The summed E-state index contributed by atoms with van der Waals surface area (Å²) in [6, 6.07) is -0.245. The topological polar surface area (TPSA) is 81.1 Å². The fraction of sp³-hybridized carbons (Fsp3) is 0.812. The highest BCUT2D eigenvalue weighted by Gasteiger charge is 2.42. The normalized spacial score (nSPS) is 23.3. The number of aromatic nitrogens is 3. The molecule has 2 N–H and O–H groups in total. The summed E-state index contributed by atoms with van der Waals surface area (Å²) in [7, 11) is 0. The molecule has 0 bridgehead atoms. The zero-order valence-corrected chi connectivity index (χ0v) is 14.3. The van der Waals surface area contributed by atoms with Crippen molar-refractivity contribution in [3.63, 3.8) is 0 Å². The van der Waals surface area contributed by atoms with Crippen molar-refractivity contribution >= 4 is 12.0 Å². The number of urea groups is 1. The van der Waals surface area contributed by atoms with E-state index >= 15 is 0 Å². The summed E-state index contributed by atoms with van der Waals surface area (Å²) in [6.45, 7) is 7.59. The first-order valence-electron chi connectivity index (χ1n) is 8.47. The molecule has 1 aliphatic carbocycles. The molecular weight excluding hydrogens is 294 g/mol. The Hall–Kier alpha value is -1.63. The molecule has 128 valence electrons. The van der Waals surface area contributed by atoms with E-state index in [0.29, 0.717) is 18.4 Å². The predicted molar refractivity (Wildman–Crippen MR) is 87.3 cm³/mol. The van der Waals surface area contributed by atoms with Crippen LogP contribution in [-0.2, 0) is 10.3 Å². The van der Waals surface area contributed by atoms with Gasteiger partial charge in [0, 0.05) is 13.2 Å². The third-order valence-electron chi connectivity index (χ3n) is 4.82. The summed E-state index contributed by atoms with van der Waals surface area (Å²) in [4.78, 5) is 16.1. The molecule has 0 radical (unpaired) electrons. The second-order valence-electron chi connectivity index (χ2n) is 7.76. The number of amides is 2. The van der Waals surface area contributed by atoms with Gasteiger partial charge in [-0.1, -0.05) is 0 Å². The maximum Gasteiger partial charge on any atom is 0.321 e. The van der Waals surface area contributed by atoms with Crippen LogP contribution in [-0.4, -0.2) is 39.5 Å². The number of nitrogens with zero attached hydrogens (tertiary/aromatic N) is 3. The van der Waals surface area contributed by atoms with Crippen LogP contribution in [0.5, 0.6) is 0 Å².